The molecule has 19 heavy (non-hydrogen) atoms. The Bertz CT molecular complexity index is 463. The molecule has 0 amide bonds. The van der Waals surface area contributed by atoms with Gasteiger partial charge in [0.2, 0.25) is 0 Å². The molecule has 0 unspecified atom stereocenters. The molecule has 2 heterocycles. The van der Waals surface area contributed by atoms with Crippen LogP contribution in [0.25, 0.3) is 0 Å². The molecule has 1 aromatic rings. The molecule has 0 aliphatic carbocycles. The highest BCUT2D eigenvalue weighted by molar-refractivity contribution is 5.85. The largest absolute Gasteiger partial charge is 0.390 e. The first-order valence-electron chi connectivity index (χ1n) is 6.15. The third kappa shape index (κ3) is 3.57. The summed E-state index contributed by atoms with van der Waals surface area (Å²) in [7, 11) is 0. The number of hydrogen-bond donors (Lipinski definition) is 3. The fourth-order valence-corrected chi connectivity index (χ4v) is 2.27. The predicted molar refractivity (Wildman–Crippen MR) is 76.6 cm³/mol. The number of aliphatic hydroxyl groups is 1. The maximum atomic E-state index is 9.86. The van der Waals surface area contributed by atoms with Crippen LogP contribution in [0.2, 0.25) is 0 Å². The standard InChI is InChI=1S/C13H18N4O.ClH/c1-8-5-13(16-9(2)10(8)6-14)17-11-3-4-15-7-12(11)18;/h5,11-12,15,18H,3-4,7H2,1-2H3,(H,16,17);1H/t11-,12-;/m1./s1. The molecule has 2 rings (SSSR count). The molecule has 104 valence electrons. The van der Waals surface area contributed by atoms with E-state index in [0.29, 0.717) is 12.1 Å². The quantitative estimate of drug-likeness (QED) is 0.758. The first-order valence-corrected chi connectivity index (χ1v) is 6.15. The van der Waals surface area contributed by atoms with E-state index in [9.17, 15) is 5.11 Å². The molecule has 0 saturated carbocycles. The van der Waals surface area contributed by atoms with Crippen molar-refractivity contribution in [2.45, 2.75) is 32.4 Å². The van der Waals surface area contributed by atoms with Crippen LogP contribution in [0.1, 0.15) is 23.2 Å². The number of nitrogens with one attached hydrogen (secondary N) is 2. The SMILES string of the molecule is Cc1cc(N[C@@H]2CCNC[C@H]2O)nc(C)c1C#N.Cl. The predicted octanol–water partition coefficient (Wildman–Crippen LogP) is 1.13. The summed E-state index contributed by atoms with van der Waals surface area (Å²) in [5.74, 6) is 0.731. The Morgan fingerprint density at radius 2 is 2.26 bits per heavy atom. The summed E-state index contributed by atoms with van der Waals surface area (Å²) in [5, 5.41) is 25.3. The number of halogens is 1. The summed E-state index contributed by atoms with van der Waals surface area (Å²) in [5.41, 5.74) is 2.27. The molecule has 0 bridgehead atoms. The molecule has 3 N–H and O–H groups in total. The van der Waals surface area contributed by atoms with Gasteiger partial charge < -0.3 is 15.7 Å². The van der Waals surface area contributed by atoms with Crippen molar-refractivity contribution in [1.82, 2.24) is 10.3 Å². The van der Waals surface area contributed by atoms with Crippen molar-refractivity contribution >= 4 is 18.2 Å². The minimum Gasteiger partial charge on any atom is -0.390 e. The smallest absolute Gasteiger partial charge is 0.126 e. The zero-order chi connectivity index (χ0) is 13.1. The topological polar surface area (TPSA) is 81.0 Å². The Kier molecular flexibility index (Phi) is 5.55. The van der Waals surface area contributed by atoms with E-state index >= 15 is 0 Å². The molecule has 2 atom stereocenters. The molecule has 0 radical (unpaired) electrons. The highest BCUT2D eigenvalue weighted by Crippen LogP contribution is 2.18. The number of aliphatic hydroxyl groups excluding tert-OH is 1. The molecule has 1 aliphatic rings. The van der Waals surface area contributed by atoms with Crippen molar-refractivity contribution in [3.63, 3.8) is 0 Å². The number of nitrogens with zero attached hydrogens (tertiary/aromatic N) is 2. The summed E-state index contributed by atoms with van der Waals surface area (Å²) in [6, 6.07) is 4.03. The van der Waals surface area contributed by atoms with Gasteiger partial charge in [-0.1, -0.05) is 0 Å². The van der Waals surface area contributed by atoms with Crippen LogP contribution < -0.4 is 10.6 Å². The van der Waals surface area contributed by atoms with Gasteiger partial charge >= 0.3 is 0 Å². The normalized spacial score (nSPS) is 22.2. The van der Waals surface area contributed by atoms with Gasteiger partial charge in [-0.15, -0.1) is 12.4 Å². The fourth-order valence-electron chi connectivity index (χ4n) is 2.27. The van der Waals surface area contributed by atoms with Crippen LogP contribution in [0.4, 0.5) is 5.82 Å². The van der Waals surface area contributed by atoms with Gasteiger partial charge in [0.15, 0.2) is 0 Å². The molecule has 0 aromatic carbocycles. The zero-order valence-electron chi connectivity index (χ0n) is 11.1. The number of piperidine rings is 1. The lowest BCUT2D eigenvalue weighted by Gasteiger charge is -2.29. The number of aryl methyl sites for hydroxylation is 2. The van der Waals surface area contributed by atoms with Gasteiger partial charge in [-0.25, -0.2) is 4.98 Å². The van der Waals surface area contributed by atoms with Gasteiger partial charge in [0.25, 0.3) is 0 Å². The second kappa shape index (κ2) is 6.71. The molecule has 6 heteroatoms. The number of β-amino-alcohol motifs (C(OH)–C–C–N with tert-alkyl or cyclic N) is 1. The van der Waals surface area contributed by atoms with E-state index in [1.165, 1.54) is 0 Å². The van der Waals surface area contributed by atoms with Crippen LogP contribution in [0, 0.1) is 25.2 Å². The summed E-state index contributed by atoms with van der Waals surface area (Å²) in [6.45, 7) is 5.22. The average molecular weight is 283 g/mol. The third-order valence-electron chi connectivity index (χ3n) is 3.29. The Hall–Kier alpha value is -1.35. The number of rotatable bonds is 2. The fraction of sp³-hybridized carbons (Fsp3) is 0.538. The van der Waals surface area contributed by atoms with Gasteiger partial charge in [0.1, 0.15) is 11.9 Å². The molecule has 1 aromatic heterocycles. The third-order valence-corrected chi connectivity index (χ3v) is 3.29. The Morgan fingerprint density at radius 1 is 1.53 bits per heavy atom. The number of anilines is 1. The van der Waals surface area contributed by atoms with E-state index in [1.807, 2.05) is 19.9 Å². The molecular weight excluding hydrogens is 264 g/mol. The van der Waals surface area contributed by atoms with Crippen LogP contribution in [-0.4, -0.2) is 35.3 Å². The van der Waals surface area contributed by atoms with Crippen molar-refractivity contribution in [3.8, 4) is 6.07 Å². The lowest BCUT2D eigenvalue weighted by molar-refractivity contribution is 0.128. The van der Waals surface area contributed by atoms with Crippen LogP contribution in [-0.2, 0) is 0 Å². The van der Waals surface area contributed by atoms with Gasteiger partial charge in [0, 0.05) is 6.54 Å². The molecule has 1 aliphatic heterocycles. The van der Waals surface area contributed by atoms with Crippen molar-refractivity contribution in [2.24, 2.45) is 0 Å². The monoisotopic (exact) mass is 282 g/mol. The highest BCUT2D eigenvalue weighted by atomic mass is 35.5. The average Bonchev–Trinajstić information content (AvgIpc) is 2.32. The van der Waals surface area contributed by atoms with Crippen LogP contribution in [0.3, 0.4) is 0 Å². The first kappa shape index (κ1) is 15.7. The molecule has 0 spiro atoms. The van der Waals surface area contributed by atoms with Crippen molar-refractivity contribution in [1.29, 1.82) is 5.26 Å². The lowest BCUT2D eigenvalue weighted by Crippen LogP contribution is -2.47. The minimum atomic E-state index is -0.406. The summed E-state index contributed by atoms with van der Waals surface area (Å²) in [4.78, 5) is 4.37. The Labute approximate surface area is 119 Å². The molecular formula is C13H19ClN4O. The maximum absolute atomic E-state index is 9.86. The highest BCUT2D eigenvalue weighted by Gasteiger charge is 2.23. The summed E-state index contributed by atoms with van der Waals surface area (Å²) in [6.07, 6.45) is 0.456. The van der Waals surface area contributed by atoms with Crippen LogP contribution in [0.15, 0.2) is 6.07 Å². The van der Waals surface area contributed by atoms with E-state index < -0.39 is 6.10 Å². The summed E-state index contributed by atoms with van der Waals surface area (Å²) < 4.78 is 0. The van der Waals surface area contributed by atoms with Crippen molar-refractivity contribution in [2.75, 3.05) is 18.4 Å². The molecule has 5 nitrogen and oxygen atoms in total. The van der Waals surface area contributed by atoms with E-state index in [0.717, 1.165) is 30.0 Å². The van der Waals surface area contributed by atoms with Gasteiger partial charge in [-0.3, -0.25) is 0 Å². The number of aromatic nitrogens is 1. The maximum Gasteiger partial charge on any atom is 0.126 e. The Morgan fingerprint density at radius 3 is 2.84 bits per heavy atom. The van der Waals surface area contributed by atoms with Gasteiger partial charge in [0.05, 0.1) is 23.4 Å². The molecule has 1 saturated heterocycles. The summed E-state index contributed by atoms with van der Waals surface area (Å²) >= 11 is 0. The molecule has 1 fully saturated rings. The van der Waals surface area contributed by atoms with E-state index in [4.69, 9.17) is 5.26 Å². The van der Waals surface area contributed by atoms with E-state index in [2.05, 4.69) is 21.7 Å². The first-order chi connectivity index (χ1) is 8.61. The van der Waals surface area contributed by atoms with E-state index in [-0.39, 0.29) is 18.4 Å². The van der Waals surface area contributed by atoms with Crippen LogP contribution >= 0.6 is 12.4 Å². The minimum absolute atomic E-state index is 0. The van der Waals surface area contributed by atoms with Crippen LogP contribution in [0.5, 0.6) is 0 Å². The lowest BCUT2D eigenvalue weighted by atomic mass is 10.0. The van der Waals surface area contributed by atoms with Gasteiger partial charge in [-0.2, -0.15) is 5.26 Å². The zero-order valence-corrected chi connectivity index (χ0v) is 11.9. The van der Waals surface area contributed by atoms with Crippen molar-refractivity contribution < 1.29 is 5.11 Å². The number of hydrogen-bond acceptors (Lipinski definition) is 5. The van der Waals surface area contributed by atoms with Crippen molar-refractivity contribution in [3.05, 3.63) is 22.9 Å². The Balaban J connectivity index is 0.00000180. The van der Waals surface area contributed by atoms with Gasteiger partial charge in [-0.05, 0) is 38.4 Å². The van der Waals surface area contributed by atoms with E-state index in [1.54, 1.807) is 0 Å². The number of nitriles is 1. The second-order valence-corrected chi connectivity index (χ2v) is 4.71. The second-order valence-electron chi connectivity index (χ2n) is 4.71. The number of pyridine rings is 1.